The van der Waals surface area contributed by atoms with E-state index >= 15 is 0 Å². The third-order valence-corrected chi connectivity index (χ3v) is 1.13. The van der Waals surface area contributed by atoms with Crippen LogP contribution in [0.1, 0.15) is 20.8 Å². The fourth-order valence-electron chi connectivity index (χ4n) is 0.214. The van der Waals surface area contributed by atoms with Crippen LogP contribution in [0.4, 0.5) is 0 Å². The molecule has 0 aromatic rings. The summed E-state index contributed by atoms with van der Waals surface area (Å²) >= 11 is 0. The molecule has 0 atom stereocenters. The van der Waals surface area contributed by atoms with Crippen molar-refractivity contribution in [1.29, 1.82) is 0 Å². The van der Waals surface area contributed by atoms with Gasteiger partial charge in [0.1, 0.15) is 0 Å². The molecule has 0 aromatic carbocycles. The summed E-state index contributed by atoms with van der Waals surface area (Å²) in [4.78, 5) is 0. The maximum atomic E-state index is 10.3. The van der Waals surface area contributed by atoms with Crippen LogP contribution < -0.4 is 0 Å². The molecule has 58 valence electrons. The fraction of sp³-hybridized carbons (Fsp3) is 0.667. The monoisotopic (exact) mass is 180 g/mol. The third kappa shape index (κ3) is 7.80. The first-order valence-electron chi connectivity index (χ1n) is 2.69. The second-order valence-corrected chi connectivity index (χ2v) is 5.21. The highest BCUT2D eigenvalue weighted by atomic mass is 35.7. The predicted molar refractivity (Wildman–Crippen MR) is 42.0 cm³/mol. The standard InChI is InChI=1S/C6H9ClO2S/c1-6(2,3)4-5-10(7,8)9/h1-3H3. The zero-order chi connectivity index (χ0) is 8.41. The van der Waals surface area contributed by atoms with Gasteiger partial charge in [0.25, 0.3) is 0 Å². The zero-order valence-corrected chi connectivity index (χ0v) is 7.68. The Hall–Kier alpha value is -0.200. The number of hydrogen-bond donors (Lipinski definition) is 0. The van der Waals surface area contributed by atoms with Gasteiger partial charge in [-0.25, -0.2) is 0 Å². The van der Waals surface area contributed by atoms with E-state index in [2.05, 4.69) is 5.92 Å². The Morgan fingerprint density at radius 3 is 1.80 bits per heavy atom. The molecule has 0 saturated heterocycles. The molecule has 0 rings (SSSR count). The smallest absolute Gasteiger partial charge is 0.198 e. The van der Waals surface area contributed by atoms with Gasteiger partial charge in [0.2, 0.25) is 0 Å². The maximum absolute atomic E-state index is 10.3. The van der Waals surface area contributed by atoms with Gasteiger partial charge in [0, 0.05) is 21.3 Å². The highest BCUT2D eigenvalue weighted by molar-refractivity contribution is 8.17. The minimum atomic E-state index is -3.65. The topological polar surface area (TPSA) is 34.1 Å². The minimum Gasteiger partial charge on any atom is -0.198 e. The van der Waals surface area contributed by atoms with Gasteiger partial charge in [-0.3, -0.25) is 0 Å². The molecule has 0 aliphatic heterocycles. The van der Waals surface area contributed by atoms with Crippen LogP contribution in [0, 0.1) is 16.6 Å². The molecule has 0 heterocycles. The average molecular weight is 181 g/mol. The summed E-state index contributed by atoms with van der Waals surface area (Å²) in [5.74, 6) is 2.49. The quantitative estimate of drug-likeness (QED) is 0.419. The van der Waals surface area contributed by atoms with Crippen LogP contribution in [0.5, 0.6) is 0 Å². The molecular formula is C6H9ClO2S. The van der Waals surface area contributed by atoms with E-state index < -0.39 is 9.05 Å². The Morgan fingerprint density at radius 2 is 1.70 bits per heavy atom. The molecule has 4 heteroatoms. The highest BCUT2D eigenvalue weighted by Crippen LogP contribution is 2.10. The molecule has 0 bridgehead atoms. The van der Waals surface area contributed by atoms with Gasteiger partial charge < -0.3 is 0 Å². The maximum Gasteiger partial charge on any atom is 0.300 e. The second-order valence-electron chi connectivity index (χ2n) is 2.91. The summed E-state index contributed by atoms with van der Waals surface area (Å²) in [7, 11) is 1.19. The summed E-state index contributed by atoms with van der Waals surface area (Å²) in [6, 6.07) is 0. The predicted octanol–water partition coefficient (Wildman–Crippen LogP) is 1.56. The van der Waals surface area contributed by atoms with Crippen LogP contribution in [-0.4, -0.2) is 8.42 Å². The summed E-state index contributed by atoms with van der Waals surface area (Å²) < 4.78 is 20.5. The van der Waals surface area contributed by atoms with Crippen molar-refractivity contribution in [2.24, 2.45) is 5.41 Å². The average Bonchev–Trinajstić information content (AvgIpc) is 1.57. The molecule has 0 spiro atoms. The second kappa shape index (κ2) is 2.81. The van der Waals surface area contributed by atoms with E-state index in [1.807, 2.05) is 26.0 Å². The van der Waals surface area contributed by atoms with Crippen LogP contribution in [0.15, 0.2) is 0 Å². The van der Waals surface area contributed by atoms with E-state index in [1.54, 1.807) is 0 Å². The number of hydrogen-bond acceptors (Lipinski definition) is 2. The van der Waals surface area contributed by atoms with Crippen LogP contribution in [-0.2, 0) is 9.05 Å². The Kier molecular flexibility index (Phi) is 2.76. The van der Waals surface area contributed by atoms with Crippen molar-refractivity contribution in [1.82, 2.24) is 0 Å². The van der Waals surface area contributed by atoms with E-state index in [4.69, 9.17) is 10.7 Å². The summed E-state index contributed by atoms with van der Waals surface area (Å²) in [5, 5.41) is 1.95. The highest BCUT2D eigenvalue weighted by Gasteiger charge is 2.05. The van der Waals surface area contributed by atoms with Crippen LogP contribution >= 0.6 is 10.7 Å². The van der Waals surface area contributed by atoms with Crippen LogP contribution in [0.2, 0.25) is 0 Å². The normalized spacial score (nSPS) is 12.0. The lowest BCUT2D eigenvalue weighted by Crippen LogP contribution is -2.00. The lowest BCUT2D eigenvalue weighted by Gasteiger charge is -2.05. The molecule has 0 N–H and O–H groups in total. The zero-order valence-electron chi connectivity index (χ0n) is 6.10. The first-order valence-corrected chi connectivity index (χ1v) is 5.00. The molecule has 0 unspecified atom stereocenters. The van der Waals surface area contributed by atoms with E-state index in [9.17, 15) is 8.42 Å². The Morgan fingerprint density at radius 1 is 1.30 bits per heavy atom. The van der Waals surface area contributed by atoms with Crippen molar-refractivity contribution >= 4 is 19.7 Å². The minimum absolute atomic E-state index is 0.317. The van der Waals surface area contributed by atoms with Crippen molar-refractivity contribution in [3.63, 3.8) is 0 Å². The molecule has 0 radical (unpaired) electrons. The molecule has 0 amide bonds. The summed E-state index contributed by atoms with van der Waals surface area (Å²) in [5.41, 5.74) is -0.317. The lowest BCUT2D eigenvalue weighted by molar-refractivity contribution is 0.570. The molecule has 0 aromatic heterocycles. The Balaban J connectivity index is 4.51. The van der Waals surface area contributed by atoms with E-state index in [0.717, 1.165) is 0 Å². The van der Waals surface area contributed by atoms with Gasteiger partial charge in [-0.1, -0.05) is 5.92 Å². The molecule has 0 saturated carbocycles. The fourth-order valence-corrected chi connectivity index (χ4v) is 0.758. The van der Waals surface area contributed by atoms with Crippen LogP contribution in [0.3, 0.4) is 0 Å². The number of rotatable bonds is 0. The van der Waals surface area contributed by atoms with Gasteiger partial charge >= 0.3 is 9.05 Å². The van der Waals surface area contributed by atoms with Gasteiger partial charge in [0.15, 0.2) is 0 Å². The van der Waals surface area contributed by atoms with Gasteiger partial charge in [0.05, 0.1) is 0 Å². The van der Waals surface area contributed by atoms with E-state index in [0.29, 0.717) is 0 Å². The lowest BCUT2D eigenvalue weighted by atomic mass is 9.99. The summed E-state index contributed by atoms with van der Waals surface area (Å²) in [6.45, 7) is 5.42. The molecular weight excluding hydrogens is 172 g/mol. The van der Waals surface area contributed by atoms with Crippen molar-refractivity contribution < 1.29 is 8.42 Å². The van der Waals surface area contributed by atoms with Crippen molar-refractivity contribution in [2.45, 2.75) is 20.8 Å². The summed E-state index contributed by atoms with van der Waals surface area (Å²) in [6.07, 6.45) is 0. The first-order chi connectivity index (χ1) is 4.21. The molecule has 0 aliphatic rings. The molecule has 0 aliphatic carbocycles. The van der Waals surface area contributed by atoms with Crippen molar-refractivity contribution in [2.75, 3.05) is 0 Å². The largest absolute Gasteiger partial charge is 0.300 e. The Labute approximate surface area is 66.0 Å². The SMILES string of the molecule is CC(C)(C)C#CS(=O)(=O)Cl. The van der Waals surface area contributed by atoms with Crippen LogP contribution in [0.25, 0.3) is 0 Å². The van der Waals surface area contributed by atoms with Crippen molar-refractivity contribution in [3.05, 3.63) is 0 Å². The van der Waals surface area contributed by atoms with Gasteiger partial charge in [-0.2, -0.15) is 8.42 Å². The number of halogens is 1. The van der Waals surface area contributed by atoms with Gasteiger partial charge in [-0.15, -0.1) is 0 Å². The van der Waals surface area contributed by atoms with E-state index in [-0.39, 0.29) is 5.41 Å². The first kappa shape index (κ1) is 9.80. The van der Waals surface area contributed by atoms with E-state index in [1.165, 1.54) is 0 Å². The Bertz CT molecular complexity index is 260. The molecule has 0 fully saturated rings. The van der Waals surface area contributed by atoms with Gasteiger partial charge in [-0.05, 0) is 20.8 Å². The molecule has 2 nitrogen and oxygen atoms in total. The molecule has 10 heavy (non-hydrogen) atoms. The third-order valence-electron chi connectivity index (χ3n) is 0.548. The van der Waals surface area contributed by atoms with Crippen molar-refractivity contribution in [3.8, 4) is 11.2 Å².